The number of carbonyl (C=O) groups excluding carboxylic acids is 2. The number of hydrazone groups is 1. The molecule has 0 atom stereocenters. The summed E-state index contributed by atoms with van der Waals surface area (Å²) in [6, 6.07) is 19.4. The SMILES string of the molecule is Cc1ccccc1C(=O)Nc1ccc(C(=O)N/N=C/c2ccccn2)cc1. The molecule has 2 N–H and O–H groups in total. The Morgan fingerprint density at radius 1 is 0.926 bits per heavy atom. The molecule has 6 heteroatoms. The third-order valence-corrected chi connectivity index (χ3v) is 3.85. The molecule has 6 nitrogen and oxygen atoms in total. The molecule has 134 valence electrons. The van der Waals surface area contributed by atoms with Gasteiger partial charge in [-0.3, -0.25) is 14.6 Å². The van der Waals surface area contributed by atoms with Gasteiger partial charge in [0.1, 0.15) is 0 Å². The van der Waals surface area contributed by atoms with Gasteiger partial charge in [-0.2, -0.15) is 5.10 Å². The standard InChI is InChI=1S/C21H18N4O2/c1-15-6-2-3-8-19(15)21(27)24-17-11-9-16(10-12-17)20(26)25-23-14-18-7-4-5-13-22-18/h2-14H,1H3,(H,24,27)(H,25,26)/b23-14+. The average Bonchev–Trinajstić information content (AvgIpc) is 2.69. The Bertz CT molecular complexity index is 967. The van der Waals surface area contributed by atoms with Gasteiger partial charge in [-0.05, 0) is 55.0 Å². The predicted octanol–water partition coefficient (Wildman–Crippen LogP) is 3.41. The second kappa shape index (κ2) is 8.53. The molecule has 3 rings (SSSR count). The monoisotopic (exact) mass is 358 g/mol. The van der Waals surface area contributed by atoms with E-state index in [0.29, 0.717) is 22.5 Å². The summed E-state index contributed by atoms with van der Waals surface area (Å²) in [6.07, 6.45) is 3.11. The molecule has 1 aromatic heterocycles. The highest BCUT2D eigenvalue weighted by atomic mass is 16.2. The van der Waals surface area contributed by atoms with Crippen molar-refractivity contribution in [3.8, 4) is 0 Å². The van der Waals surface area contributed by atoms with E-state index >= 15 is 0 Å². The molecule has 0 spiro atoms. The third kappa shape index (κ3) is 4.85. The van der Waals surface area contributed by atoms with E-state index in [2.05, 4.69) is 20.8 Å². The van der Waals surface area contributed by atoms with Crippen LogP contribution in [0.5, 0.6) is 0 Å². The summed E-state index contributed by atoms with van der Waals surface area (Å²) in [5.74, 6) is -0.538. The van der Waals surface area contributed by atoms with Crippen LogP contribution in [0.15, 0.2) is 78.0 Å². The molecule has 0 radical (unpaired) electrons. The Hall–Kier alpha value is -3.80. The Balaban J connectivity index is 1.59. The van der Waals surface area contributed by atoms with Gasteiger partial charge in [0.2, 0.25) is 0 Å². The van der Waals surface area contributed by atoms with E-state index in [-0.39, 0.29) is 11.8 Å². The van der Waals surface area contributed by atoms with Crippen LogP contribution in [0.25, 0.3) is 0 Å². The first-order chi connectivity index (χ1) is 13.1. The van der Waals surface area contributed by atoms with Crippen LogP contribution in [0.1, 0.15) is 32.0 Å². The van der Waals surface area contributed by atoms with Gasteiger partial charge < -0.3 is 5.32 Å². The third-order valence-electron chi connectivity index (χ3n) is 3.85. The fourth-order valence-corrected chi connectivity index (χ4v) is 2.40. The highest BCUT2D eigenvalue weighted by Crippen LogP contribution is 2.13. The number of hydrogen-bond acceptors (Lipinski definition) is 4. The smallest absolute Gasteiger partial charge is 0.271 e. The van der Waals surface area contributed by atoms with Gasteiger partial charge in [-0.1, -0.05) is 24.3 Å². The molecule has 1 heterocycles. The maximum atomic E-state index is 12.3. The lowest BCUT2D eigenvalue weighted by atomic mass is 10.1. The maximum absolute atomic E-state index is 12.3. The number of nitrogens with zero attached hydrogens (tertiary/aromatic N) is 2. The minimum absolute atomic E-state index is 0.190. The zero-order chi connectivity index (χ0) is 19.1. The van der Waals surface area contributed by atoms with Crippen molar-refractivity contribution in [3.63, 3.8) is 0 Å². The Labute approximate surface area is 157 Å². The number of carbonyl (C=O) groups is 2. The highest BCUT2D eigenvalue weighted by molar-refractivity contribution is 6.05. The van der Waals surface area contributed by atoms with Crippen LogP contribution < -0.4 is 10.7 Å². The molecule has 0 saturated heterocycles. The number of benzene rings is 2. The van der Waals surface area contributed by atoms with Crippen LogP contribution in [0.3, 0.4) is 0 Å². The van der Waals surface area contributed by atoms with E-state index < -0.39 is 0 Å². The van der Waals surface area contributed by atoms with E-state index in [1.165, 1.54) is 6.21 Å². The lowest BCUT2D eigenvalue weighted by molar-refractivity contribution is 0.0954. The fourth-order valence-electron chi connectivity index (χ4n) is 2.40. The van der Waals surface area contributed by atoms with Gasteiger partial charge in [0.15, 0.2) is 0 Å². The molecular weight excluding hydrogens is 340 g/mol. The van der Waals surface area contributed by atoms with E-state index in [4.69, 9.17) is 0 Å². The van der Waals surface area contributed by atoms with Crippen molar-refractivity contribution < 1.29 is 9.59 Å². The molecular formula is C21H18N4O2. The maximum Gasteiger partial charge on any atom is 0.271 e. The van der Waals surface area contributed by atoms with Crippen LogP contribution in [-0.4, -0.2) is 23.0 Å². The quantitative estimate of drug-likeness (QED) is 0.541. The first-order valence-electron chi connectivity index (χ1n) is 8.35. The summed E-state index contributed by atoms with van der Waals surface area (Å²) in [5, 5.41) is 6.70. The molecule has 0 unspecified atom stereocenters. The van der Waals surface area contributed by atoms with E-state index in [0.717, 1.165) is 5.56 Å². The summed E-state index contributed by atoms with van der Waals surface area (Å²) < 4.78 is 0. The normalized spacial score (nSPS) is 10.6. The number of aryl methyl sites for hydroxylation is 1. The number of anilines is 1. The van der Waals surface area contributed by atoms with E-state index in [1.807, 2.05) is 31.2 Å². The lowest BCUT2D eigenvalue weighted by Gasteiger charge is -2.08. The molecule has 0 aliphatic carbocycles. The van der Waals surface area contributed by atoms with Crippen molar-refractivity contribution >= 4 is 23.7 Å². The average molecular weight is 358 g/mol. The van der Waals surface area contributed by atoms with Crippen LogP contribution in [0, 0.1) is 6.92 Å². The number of aromatic nitrogens is 1. The van der Waals surface area contributed by atoms with Crippen molar-refractivity contribution in [2.24, 2.45) is 5.10 Å². The van der Waals surface area contributed by atoms with Crippen molar-refractivity contribution in [3.05, 3.63) is 95.3 Å². The van der Waals surface area contributed by atoms with Crippen LogP contribution in [-0.2, 0) is 0 Å². The number of amides is 2. The largest absolute Gasteiger partial charge is 0.322 e. The number of nitrogens with one attached hydrogen (secondary N) is 2. The lowest BCUT2D eigenvalue weighted by Crippen LogP contribution is -2.18. The molecule has 2 aromatic carbocycles. The van der Waals surface area contributed by atoms with E-state index in [1.54, 1.807) is 48.7 Å². The Morgan fingerprint density at radius 3 is 2.37 bits per heavy atom. The summed E-state index contributed by atoms with van der Waals surface area (Å²) >= 11 is 0. The first-order valence-corrected chi connectivity index (χ1v) is 8.35. The summed E-state index contributed by atoms with van der Waals surface area (Å²) in [5.41, 5.74) is 5.64. The van der Waals surface area contributed by atoms with Crippen molar-refractivity contribution in [2.45, 2.75) is 6.92 Å². The van der Waals surface area contributed by atoms with Gasteiger partial charge in [0, 0.05) is 23.0 Å². The van der Waals surface area contributed by atoms with Crippen LogP contribution in [0.2, 0.25) is 0 Å². The first kappa shape index (κ1) is 18.0. The molecule has 3 aromatic rings. The van der Waals surface area contributed by atoms with Gasteiger partial charge >= 0.3 is 0 Å². The van der Waals surface area contributed by atoms with Crippen LogP contribution >= 0.6 is 0 Å². The van der Waals surface area contributed by atoms with Gasteiger partial charge in [-0.25, -0.2) is 5.43 Å². The van der Waals surface area contributed by atoms with E-state index in [9.17, 15) is 9.59 Å². The molecule has 27 heavy (non-hydrogen) atoms. The highest BCUT2D eigenvalue weighted by Gasteiger charge is 2.09. The number of rotatable bonds is 5. The Kier molecular flexibility index (Phi) is 5.69. The molecule has 0 saturated carbocycles. The topological polar surface area (TPSA) is 83.5 Å². The van der Waals surface area contributed by atoms with Gasteiger partial charge in [0.05, 0.1) is 11.9 Å². The zero-order valence-electron chi connectivity index (χ0n) is 14.7. The number of pyridine rings is 1. The molecule has 0 aliphatic heterocycles. The van der Waals surface area contributed by atoms with Crippen molar-refractivity contribution in [2.75, 3.05) is 5.32 Å². The molecule has 0 aliphatic rings. The summed E-state index contributed by atoms with van der Waals surface area (Å²) in [4.78, 5) is 28.5. The Morgan fingerprint density at radius 2 is 1.67 bits per heavy atom. The second-order valence-electron chi connectivity index (χ2n) is 5.80. The van der Waals surface area contributed by atoms with Gasteiger partial charge in [-0.15, -0.1) is 0 Å². The van der Waals surface area contributed by atoms with Gasteiger partial charge in [0.25, 0.3) is 11.8 Å². The zero-order valence-corrected chi connectivity index (χ0v) is 14.7. The predicted molar refractivity (Wildman–Crippen MR) is 105 cm³/mol. The minimum atomic E-state index is -0.348. The van der Waals surface area contributed by atoms with Crippen molar-refractivity contribution in [1.29, 1.82) is 0 Å². The fraction of sp³-hybridized carbons (Fsp3) is 0.0476. The summed E-state index contributed by atoms with van der Waals surface area (Å²) in [7, 11) is 0. The summed E-state index contributed by atoms with van der Waals surface area (Å²) in [6.45, 7) is 1.88. The molecule has 2 amide bonds. The van der Waals surface area contributed by atoms with Crippen molar-refractivity contribution in [1.82, 2.24) is 10.4 Å². The minimum Gasteiger partial charge on any atom is -0.322 e. The number of hydrogen-bond donors (Lipinski definition) is 2. The second-order valence-corrected chi connectivity index (χ2v) is 5.80. The molecule has 0 bridgehead atoms. The molecule has 0 fully saturated rings. The van der Waals surface area contributed by atoms with Crippen LogP contribution in [0.4, 0.5) is 5.69 Å².